The smallest absolute Gasteiger partial charge is 0.108 e. The molecule has 0 unspecified atom stereocenters. The van der Waals surface area contributed by atoms with Gasteiger partial charge in [0.2, 0.25) is 0 Å². The van der Waals surface area contributed by atoms with Crippen molar-refractivity contribution in [3.63, 3.8) is 0 Å². The number of hydrogen-bond acceptors (Lipinski definition) is 3. The second kappa shape index (κ2) is 5.43. The Morgan fingerprint density at radius 1 is 0.783 bits per heavy atom. The number of aromatic nitrogens is 1. The lowest BCUT2D eigenvalue weighted by Crippen LogP contribution is -2.35. The monoisotopic (exact) mass is 301 g/mol. The molecule has 2 aromatic carbocycles. The van der Waals surface area contributed by atoms with Gasteiger partial charge in [-0.3, -0.25) is 4.98 Å². The molecule has 3 aromatic rings. The molecule has 1 aromatic heterocycles. The molecule has 23 heavy (non-hydrogen) atoms. The standard InChI is InChI=1S/C20H19N3/c1-15-8-6-7-11-18(15)23-16(2)22(17-9-4-3-5-10-17)19-12-13-21-14-20(19)23/h3-14,16H,1-2H3/t16-/m0/s1. The lowest BCUT2D eigenvalue weighted by atomic mass is 10.1. The maximum atomic E-state index is 4.36. The van der Waals surface area contributed by atoms with Crippen molar-refractivity contribution in [2.45, 2.75) is 20.0 Å². The maximum Gasteiger partial charge on any atom is 0.108 e. The van der Waals surface area contributed by atoms with Crippen molar-refractivity contribution in [1.29, 1.82) is 0 Å². The van der Waals surface area contributed by atoms with Gasteiger partial charge in [-0.15, -0.1) is 0 Å². The number of benzene rings is 2. The van der Waals surface area contributed by atoms with Crippen molar-refractivity contribution in [3.05, 3.63) is 78.6 Å². The van der Waals surface area contributed by atoms with Crippen LogP contribution in [0.2, 0.25) is 0 Å². The van der Waals surface area contributed by atoms with Crippen LogP contribution in [0.25, 0.3) is 0 Å². The number of aryl methyl sites for hydroxylation is 1. The van der Waals surface area contributed by atoms with Crippen molar-refractivity contribution < 1.29 is 0 Å². The molecule has 0 radical (unpaired) electrons. The average molecular weight is 301 g/mol. The topological polar surface area (TPSA) is 19.4 Å². The van der Waals surface area contributed by atoms with E-state index in [0.29, 0.717) is 0 Å². The Kier molecular flexibility index (Phi) is 3.27. The van der Waals surface area contributed by atoms with Gasteiger partial charge in [0.25, 0.3) is 0 Å². The Hall–Kier alpha value is -2.81. The van der Waals surface area contributed by atoms with E-state index in [1.807, 2.05) is 12.4 Å². The van der Waals surface area contributed by atoms with E-state index in [-0.39, 0.29) is 6.17 Å². The van der Waals surface area contributed by atoms with Crippen molar-refractivity contribution >= 4 is 22.7 Å². The van der Waals surface area contributed by atoms with Crippen LogP contribution in [0, 0.1) is 6.92 Å². The summed E-state index contributed by atoms with van der Waals surface area (Å²) in [6.07, 6.45) is 4.02. The van der Waals surface area contributed by atoms with Crippen LogP contribution in [0.5, 0.6) is 0 Å². The lowest BCUT2D eigenvalue weighted by molar-refractivity contribution is 0.759. The Labute approximate surface area is 136 Å². The Morgan fingerprint density at radius 2 is 1.52 bits per heavy atom. The molecule has 0 bridgehead atoms. The minimum atomic E-state index is 0.192. The molecule has 4 rings (SSSR count). The van der Waals surface area contributed by atoms with Crippen LogP contribution in [0.1, 0.15) is 12.5 Å². The van der Waals surface area contributed by atoms with Gasteiger partial charge in [0.1, 0.15) is 6.17 Å². The third-order valence-electron chi connectivity index (χ3n) is 4.45. The molecule has 0 spiro atoms. The van der Waals surface area contributed by atoms with Crippen molar-refractivity contribution in [2.75, 3.05) is 9.80 Å². The van der Waals surface area contributed by atoms with Crippen LogP contribution < -0.4 is 9.80 Å². The van der Waals surface area contributed by atoms with E-state index in [4.69, 9.17) is 0 Å². The lowest BCUT2D eigenvalue weighted by Gasteiger charge is -2.31. The quantitative estimate of drug-likeness (QED) is 0.662. The fraction of sp³-hybridized carbons (Fsp3) is 0.150. The summed E-state index contributed by atoms with van der Waals surface area (Å²) in [5.74, 6) is 0. The SMILES string of the molecule is Cc1ccccc1N1c2cnccc2N(c2ccccc2)[C@@H]1C. The first-order valence-corrected chi connectivity index (χ1v) is 7.90. The summed E-state index contributed by atoms with van der Waals surface area (Å²) in [6.45, 7) is 4.39. The van der Waals surface area contributed by atoms with Gasteiger partial charge in [0, 0.05) is 17.6 Å². The van der Waals surface area contributed by atoms with Gasteiger partial charge in [-0.2, -0.15) is 0 Å². The summed E-state index contributed by atoms with van der Waals surface area (Å²) < 4.78 is 0. The van der Waals surface area contributed by atoms with E-state index in [2.05, 4.69) is 89.3 Å². The van der Waals surface area contributed by atoms with Gasteiger partial charge in [0.15, 0.2) is 0 Å². The molecule has 1 aliphatic heterocycles. The first-order valence-electron chi connectivity index (χ1n) is 7.90. The van der Waals surface area contributed by atoms with Gasteiger partial charge >= 0.3 is 0 Å². The number of nitrogens with zero attached hydrogens (tertiary/aromatic N) is 3. The largest absolute Gasteiger partial charge is 0.318 e. The Bertz CT molecular complexity index is 829. The van der Waals surface area contributed by atoms with Gasteiger partial charge in [0.05, 0.1) is 17.6 Å². The highest BCUT2D eigenvalue weighted by molar-refractivity contribution is 5.88. The van der Waals surface area contributed by atoms with E-state index in [9.17, 15) is 0 Å². The highest BCUT2D eigenvalue weighted by Crippen LogP contribution is 2.47. The van der Waals surface area contributed by atoms with Gasteiger partial charge < -0.3 is 9.80 Å². The normalized spacial score (nSPS) is 16.5. The van der Waals surface area contributed by atoms with E-state index >= 15 is 0 Å². The molecule has 3 nitrogen and oxygen atoms in total. The fourth-order valence-corrected chi connectivity index (χ4v) is 3.39. The molecule has 3 heteroatoms. The zero-order chi connectivity index (χ0) is 15.8. The second-order valence-electron chi connectivity index (χ2n) is 5.86. The number of pyridine rings is 1. The minimum absolute atomic E-state index is 0.192. The van der Waals surface area contributed by atoms with Crippen LogP contribution in [-0.2, 0) is 0 Å². The molecule has 0 saturated carbocycles. The molecule has 0 fully saturated rings. The summed E-state index contributed by atoms with van der Waals surface area (Å²) in [5.41, 5.74) is 6.04. The number of para-hydroxylation sites is 2. The third kappa shape index (κ3) is 2.16. The van der Waals surface area contributed by atoms with E-state index in [1.54, 1.807) is 0 Å². The maximum absolute atomic E-state index is 4.36. The van der Waals surface area contributed by atoms with Gasteiger partial charge in [-0.05, 0) is 43.7 Å². The van der Waals surface area contributed by atoms with E-state index in [1.165, 1.54) is 22.6 Å². The second-order valence-corrected chi connectivity index (χ2v) is 5.86. The zero-order valence-corrected chi connectivity index (χ0v) is 13.3. The van der Waals surface area contributed by atoms with Crippen LogP contribution in [0.3, 0.4) is 0 Å². The van der Waals surface area contributed by atoms with Crippen LogP contribution in [-0.4, -0.2) is 11.1 Å². The number of rotatable bonds is 2. The summed E-state index contributed by atoms with van der Waals surface area (Å²) in [7, 11) is 0. The highest BCUT2D eigenvalue weighted by Gasteiger charge is 2.35. The molecular formula is C20H19N3. The van der Waals surface area contributed by atoms with Crippen molar-refractivity contribution in [1.82, 2.24) is 4.98 Å². The Morgan fingerprint density at radius 3 is 2.30 bits per heavy atom. The molecule has 0 aliphatic carbocycles. The third-order valence-corrected chi connectivity index (χ3v) is 4.45. The number of anilines is 4. The predicted octanol–water partition coefficient (Wildman–Crippen LogP) is 5.03. The summed E-state index contributed by atoms with van der Waals surface area (Å²) >= 11 is 0. The molecule has 114 valence electrons. The molecule has 0 N–H and O–H groups in total. The fourth-order valence-electron chi connectivity index (χ4n) is 3.39. The minimum Gasteiger partial charge on any atom is -0.318 e. The summed E-state index contributed by atoms with van der Waals surface area (Å²) in [4.78, 5) is 9.09. The average Bonchev–Trinajstić information content (AvgIpc) is 2.88. The first-order chi connectivity index (χ1) is 11.3. The predicted molar refractivity (Wildman–Crippen MR) is 95.6 cm³/mol. The van der Waals surface area contributed by atoms with Gasteiger partial charge in [-0.25, -0.2) is 0 Å². The Balaban J connectivity index is 1.89. The van der Waals surface area contributed by atoms with Crippen LogP contribution in [0.15, 0.2) is 73.1 Å². The van der Waals surface area contributed by atoms with Crippen molar-refractivity contribution in [3.8, 4) is 0 Å². The van der Waals surface area contributed by atoms with Gasteiger partial charge in [-0.1, -0.05) is 36.4 Å². The molecular weight excluding hydrogens is 282 g/mol. The number of hydrogen-bond donors (Lipinski definition) is 0. The van der Waals surface area contributed by atoms with Crippen LogP contribution in [0.4, 0.5) is 22.7 Å². The summed E-state index contributed by atoms with van der Waals surface area (Å²) in [6, 6.07) is 21.1. The van der Waals surface area contributed by atoms with E-state index < -0.39 is 0 Å². The van der Waals surface area contributed by atoms with Crippen LogP contribution >= 0.6 is 0 Å². The first kappa shape index (κ1) is 13.8. The van der Waals surface area contributed by atoms with E-state index in [0.717, 1.165) is 5.69 Å². The zero-order valence-electron chi connectivity index (χ0n) is 13.3. The molecule has 0 amide bonds. The molecule has 2 heterocycles. The highest BCUT2D eigenvalue weighted by atomic mass is 15.4. The molecule has 1 atom stereocenters. The molecule has 0 saturated heterocycles. The number of fused-ring (bicyclic) bond motifs is 1. The van der Waals surface area contributed by atoms with Crippen molar-refractivity contribution in [2.24, 2.45) is 0 Å². The molecule has 1 aliphatic rings. The summed E-state index contributed by atoms with van der Waals surface area (Å²) in [5, 5.41) is 0.